The zero-order chi connectivity index (χ0) is 21.8. The number of thiazole rings is 1. The molecule has 2 aromatic carbocycles. The van der Waals surface area contributed by atoms with E-state index in [1.807, 2.05) is 43.3 Å². The third-order valence-corrected chi connectivity index (χ3v) is 6.43. The van der Waals surface area contributed by atoms with E-state index >= 15 is 0 Å². The number of aromatic nitrogens is 3. The quantitative estimate of drug-likeness (QED) is 0.355. The number of para-hydroxylation sites is 1. The summed E-state index contributed by atoms with van der Waals surface area (Å²) < 4.78 is 2.49. The highest BCUT2D eigenvalue weighted by molar-refractivity contribution is 7.22. The van der Waals surface area contributed by atoms with Gasteiger partial charge < -0.3 is 0 Å². The van der Waals surface area contributed by atoms with E-state index in [0.717, 1.165) is 35.9 Å². The summed E-state index contributed by atoms with van der Waals surface area (Å²) in [6.45, 7) is 5.05. The van der Waals surface area contributed by atoms with Crippen molar-refractivity contribution in [2.45, 2.75) is 46.1 Å². The molecule has 0 bridgehead atoms. The summed E-state index contributed by atoms with van der Waals surface area (Å²) in [6, 6.07) is 15.1. The van der Waals surface area contributed by atoms with Gasteiger partial charge in [-0.1, -0.05) is 67.9 Å². The average molecular weight is 435 g/mol. The molecule has 0 N–H and O–H groups in total. The van der Waals surface area contributed by atoms with Gasteiger partial charge in [0.1, 0.15) is 0 Å². The number of aryl methyl sites for hydroxylation is 1. The predicted molar refractivity (Wildman–Crippen MR) is 127 cm³/mol. The van der Waals surface area contributed by atoms with E-state index in [1.54, 1.807) is 17.0 Å². The van der Waals surface area contributed by atoms with Crippen LogP contribution in [0.5, 0.6) is 0 Å². The van der Waals surface area contributed by atoms with E-state index < -0.39 is 0 Å². The number of fused-ring (bicyclic) bond motifs is 2. The Hall–Kier alpha value is -3.06. The van der Waals surface area contributed by atoms with Crippen molar-refractivity contribution >= 4 is 43.4 Å². The Morgan fingerprint density at radius 3 is 2.48 bits per heavy atom. The minimum absolute atomic E-state index is 0.147. The fourth-order valence-corrected chi connectivity index (χ4v) is 4.73. The fourth-order valence-electron chi connectivity index (χ4n) is 3.70. The van der Waals surface area contributed by atoms with E-state index in [9.17, 15) is 9.59 Å². The lowest BCUT2D eigenvalue weighted by atomic mass is 10.1. The van der Waals surface area contributed by atoms with Gasteiger partial charge in [-0.15, -0.1) is 0 Å². The van der Waals surface area contributed by atoms with E-state index in [-0.39, 0.29) is 11.5 Å². The molecule has 1 amide bonds. The molecule has 7 heteroatoms. The van der Waals surface area contributed by atoms with Crippen molar-refractivity contribution in [2.75, 3.05) is 11.4 Å². The second-order valence-electron chi connectivity index (χ2n) is 7.50. The third-order valence-electron chi connectivity index (χ3n) is 5.37. The van der Waals surface area contributed by atoms with Crippen LogP contribution in [0.15, 0.2) is 53.3 Å². The Balaban J connectivity index is 1.76. The molecular formula is C24H26N4O2S. The van der Waals surface area contributed by atoms with E-state index in [0.29, 0.717) is 34.7 Å². The normalized spacial score (nSPS) is 11.3. The van der Waals surface area contributed by atoms with Gasteiger partial charge in [0.2, 0.25) is 0 Å². The van der Waals surface area contributed by atoms with E-state index in [1.165, 1.54) is 16.0 Å². The number of rotatable bonds is 8. The van der Waals surface area contributed by atoms with Gasteiger partial charge in [-0.2, -0.15) is 5.10 Å². The van der Waals surface area contributed by atoms with Gasteiger partial charge >= 0.3 is 0 Å². The van der Waals surface area contributed by atoms with Crippen molar-refractivity contribution < 1.29 is 4.79 Å². The maximum atomic E-state index is 13.6. The molecule has 0 aliphatic rings. The predicted octanol–water partition coefficient (Wildman–Crippen LogP) is 5.25. The molecule has 160 valence electrons. The molecule has 0 saturated carbocycles. The SMILES string of the molecule is CCCCCCn1nc(C(=O)N(CC)c2nc3ccccc3s2)c2ccccc2c1=O. The van der Waals surface area contributed by atoms with Crippen LogP contribution in [0.1, 0.15) is 50.0 Å². The molecule has 2 aromatic heterocycles. The van der Waals surface area contributed by atoms with Crippen LogP contribution in [0.4, 0.5) is 5.13 Å². The van der Waals surface area contributed by atoms with Crippen molar-refractivity contribution in [2.24, 2.45) is 0 Å². The second kappa shape index (κ2) is 9.39. The fraction of sp³-hybridized carbons (Fsp3) is 0.333. The van der Waals surface area contributed by atoms with Gasteiger partial charge in [-0.25, -0.2) is 9.67 Å². The number of benzene rings is 2. The first-order valence-electron chi connectivity index (χ1n) is 10.8. The van der Waals surface area contributed by atoms with Gasteiger partial charge in [-0.3, -0.25) is 14.5 Å². The lowest BCUT2D eigenvalue weighted by Gasteiger charge is -2.19. The second-order valence-corrected chi connectivity index (χ2v) is 8.51. The standard InChI is InChI=1S/C24H26N4O2S/c1-3-5-6-11-16-28-22(29)18-13-8-7-12-17(18)21(26-28)23(30)27(4-2)24-25-19-14-9-10-15-20(19)31-24/h7-10,12-15H,3-6,11,16H2,1-2H3. The highest BCUT2D eigenvalue weighted by Gasteiger charge is 2.24. The average Bonchev–Trinajstić information content (AvgIpc) is 3.22. The lowest BCUT2D eigenvalue weighted by Crippen LogP contribution is -2.34. The van der Waals surface area contributed by atoms with Gasteiger partial charge in [0.25, 0.3) is 11.5 Å². The molecule has 4 rings (SSSR count). The molecule has 0 spiro atoms. The molecule has 0 radical (unpaired) electrons. The third kappa shape index (κ3) is 4.23. The first kappa shape index (κ1) is 21.2. The summed E-state index contributed by atoms with van der Waals surface area (Å²) >= 11 is 1.48. The molecule has 0 fully saturated rings. The number of amides is 1. The van der Waals surface area contributed by atoms with Crippen molar-refractivity contribution in [3.8, 4) is 0 Å². The smallest absolute Gasteiger partial charge is 0.281 e. The number of hydrogen-bond acceptors (Lipinski definition) is 5. The Labute approximate surface area is 185 Å². The molecule has 0 unspecified atom stereocenters. The molecule has 2 heterocycles. The molecule has 0 aliphatic heterocycles. The Morgan fingerprint density at radius 2 is 1.74 bits per heavy atom. The van der Waals surface area contributed by atoms with Gasteiger partial charge in [0.15, 0.2) is 10.8 Å². The molecule has 0 atom stereocenters. The monoisotopic (exact) mass is 434 g/mol. The van der Waals surface area contributed by atoms with Crippen LogP contribution in [0, 0.1) is 0 Å². The summed E-state index contributed by atoms with van der Waals surface area (Å²) in [6.07, 6.45) is 4.14. The first-order chi connectivity index (χ1) is 15.1. The first-order valence-corrected chi connectivity index (χ1v) is 11.6. The number of anilines is 1. The van der Waals surface area contributed by atoms with Crippen molar-refractivity contribution in [1.82, 2.24) is 14.8 Å². The van der Waals surface area contributed by atoms with Crippen molar-refractivity contribution in [3.05, 3.63) is 64.6 Å². The van der Waals surface area contributed by atoms with Crippen molar-refractivity contribution in [1.29, 1.82) is 0 Å². The van der Waals surface area contributed by atoms with Gasteiger partial charge in [0, 0.05) is 18.5 Å². The summed E-state index contributed by atoms with van der Waals surface area (Å²) in [7, 11) is 0. The summed E-state index contributed by atoms with van der Waals surface area (Å²) in [5, 5.41) is 6.29. The van der Waals surface area contributed by atoms with Crippen LogP contribution in [-0.4, -0.2) is 27.2 Å². The number of unbranched alkanes of at least 4 members (excludes halogenated alkanes) is 3. The Morgan fingerprint density at radius 1 is 1.00 bits per heavy atom. The van der Waals surface area contributed by atoms with Crippen LogP contribution in [-0.2, 0) is 6.54 Å². The summed E-state index contributed by atoms with van der Waals surface area (Å²) in [5.41, 5.74) is 1.02. The molecule has 4 aromatic rings. The molecule has 0 saturated heterocycles. The van der Waals surface area contributed by atoms with Crippen LogP contribution >= 0.6 is 11.3 Å². The topological polar surface area (TPSA) is 68.1 Å². The maximum absolute atomic E-state index is 13.6. The Bertz CT molecular complexity index is 1240. The Kier molecular flexibility index (Phi) is 6.42. The van der Waals surface area contributed by atoms with Crippen LogP contribution in [0.2, 0.25) is 0 Å². The van der Waals surface area contributed by atoms with Crippen LogP contribution in [0.25, 0.3) is 21.0 Å². The van der Waals surface area contributed by atoms with E-state index in [2.05, 4.69) is 17.0 Å². The van der Waals surface area contributed by atoms with Gasteiger partial charge in [-0.05, 0) is 31.5 Å². The highest BCUT2D eigenvalue weighted by atomic mass is 32.1. The number of hydrogen-bond donors (Lipinski definition) is 0. The molecule has 0 aliphatic carbocycles. The highest BCUT2D eigenvalue weighted by Crippen LogP contribution is 2.30. The van der Waals surface area contributed by atoms with Gasteiger partial charge in [0.05, 0.1) is 15.6 Å². The summed E-state index contributed by atoms with van der Waals surface area (Å²) in [4.78, 5) is 32.9. The molecule has 31 heavy (non-hydrogen) atoms. The zero-order valence-corrected chi connectivity index (χ0v) is 18.7. The van der Waals surface area contributed by atoms with Crippen LogP contribution < -0.4 is 10.5 Å². The van der Waals surface area contributed by atoms with Crippen molar-refractivity contribution in [3.63, 3.8) is 0 Å². The molecule has 6 nitrogen and oxygen atoms in total. The number of carbonyl (C=O) groups is 1. The van der Waals surface area contributed by atoms with Crippen LogP contribution in [0.3, 0.4) is 0 Å². The number of carbonyl (C=O) groups excluding carboxylic acids is 1. The minimum atomic E-state index is -0.236. The van der Waals surface area contributed by atoms with E-state index in [4.69, 9.17) is 0 Å². The minimum Gasteiger partial charge on any atom is -0.283 e. The zero-order valence-electron chi connectivity index (χ0n) is 17.9. The number of nitrogens with zero attached hydrogens (tertiary/aromatic N) is 4. The molecular weight excluding hydrogens is 408 g/mol. The largest absolute Gasteiger partial charge is 0.283 e. The summed E-state index contributed by atoms with van der Waals surface area (Å²) in [5.74, 6) is -0.236. The maximum Gasteiger partial charge on any atom is 0.281 e. The lowest BCUT2D eigenvalue weighted by molar-refractivity contribution is 0.0983.